The summed E-state index contributed by atoms with van der Waals surface area (Å²) in [5.74, 6) is -0.478. The largest absolute Gasteiger partial charge is 0.487 e. The fourth-order valence-electron chi connectivity index (χ4n) is 1.03. The van der Waals surface area contributed by atoms with Gasteiger partial charge in [0.1, 0.15) is 11.9 Å². The standard InChI is InChI=1S/C11H13BrO4/c1-6(13)7(2)16-10-4-3-8(11(14)15)5-9(10)12/h3-7,13H,1-2H3,(H,14,15). The summed E-state index contributed by atoms with van der Waals surface area (Å²) in [6, 6.07) is 4.48. The van der Waals surface area contributed by atoms with E-state index in [1.165, 1.54) is 12.1 Å². The van der Waals surface area contributed by atoms with Crippen molar-refractivity contribution < 1.29 is 19.7 Å². The number of hydrogen-bond donors (Lipinski definition) is 2. The predicted octanol–water partition coefficient (Wildman–Crippen LogP) is 2.30. The van der Waals surface area contributed by atoms with Crippen LogP contribution in [0.15, 0.2) is 22.7 Å². The van der Waals surface area contributed by atoms with Crippen LogP contribution in [0.25, 0.3) is 0 Å². The Bertz CT molecular complexity index is 390. The molecule has 1 aromatic rings. The van der Waals surface area contributed by atoms with Crippen molar-refractivity contribution >= 4 is 21.9 Å². The molecule has 0 aromatic heterocycles. The predicted molar refractivity (Wildman–Crippen MR) is 62.9 cm³/mol. The van der Waals surface area contributed by atoms with Crippen molar-refractivity contribution in [2.45, 2.75) is 26.1 Å². The topological polar surface area (TPSA) is 66.8 Å². The molecule has 1 aromatic carbocycles. The van der Waals surface area contributed by atoms with Crippen molar-refractivity contribution in [3.05, 3.63) is 28.2 Å². The molecule has 2 N–H and O–H groups in total. The van der Waals surface area contributed by atoms with Crippen LogP contribution >= 0.6 is 15.9 Å². The molecule has 2 atom stereocenters. The molecule has 0 fully saturated rings. The maximum absolute atomic E-state index is 10.7. The minimum Gasteiger partial charge on any atom is -0.487 e. The van der Waals surface area contributed by atoms with Crippen LogP contribution in [-0.2, 0) is 0 Å². The van der Waals surface area contributed by atoms with Crippen molar-refractivity contribution in [1.82, 2.24) is 0 Å². The van der Waals surface area contributed by atoms with Crippen LogP contribution in [0.3, 0.4) is 0 Å². The minimum atomic E-state index is -0.990. The summed E-state index contributed by atoms with van der Waals surface area (Å²) < 4.78 is 6.01. The van der Waals surface area contributed by atoms with E-state index < -0.39 is 12.1 Å². The van der Waals surface area contributed by atoms with Crippen LogP contribution in [0.4, 0.5) is 0 Å². The monoisotopic (exact) mass is 288 g/mol. The Hall–Kier alpha value is -1.07. The van der Waals surface area contributed by atoms with Gasteiger partial charge >= 0.3 is 5.97 Å². The van der Waals surface area contributed by atoms with Crippen LogP contribution in [0.2, 0.25) is 0 Å². The van der Waals surface area contributed by atoms with Gasteiger partial charge in [-0.05, 0) is 48.0 Å². The van der Waals surface area contributed by atoms with Crippen LogP contribution < -0.4 is 4.74 Å². The number of aliphatic hydroxyl groups excluding tert-OH is 1. The lowest BCUT2D eigenvalue weighted by atomic mass is 10.2. The molecule has 0 bridgehead atoms. The first-order valence-electron chi connectivity index (χ1n) is 4.79. The van der Waals surface area contributed by atoms with E-state index in [2.05, 4.69) is 15.9 Å². The lowest BCUT2D eigenvalue weighted by Gasteiger charge is -2.18. The molecular weight excluding hydrogens is 276 g/mol. The van der Waals surface area contributed by atoms with Gasteiger partial charge in [-0.25, -0.2) is 4.79 Å². The second-order valence-electron chi connectivity index (χ2n) is 3.51. The summed E-state index contributed by atoms with van der Waals surface area (Å²) in [4.78, 5) is 10.7. The summed E-state index contributed by atoms with van der Waals surface area (Å²) in [5, 5.41) is 18.1. The van der Waals surface area contributed by atoms with Gasteiger partial charge in [0.2, 0.25) is 0 Å². The average Bonchev–Trinajstić information content (AvgIpc) is 2.20. The molecule has 0 aliphatic heterocycles. The Balaban J connectivity index is 2.87. The maximum atomic E-state index is 10.7. The molecule has 88 valence electrons. The highest BCUT2D eigenvalue weighted by Gasteiger charge is 2.13. The maximum Gasteiger partial charge on any atom is 0.335 e. The second-order valence-corrected chi connectivity index (χ2v) is 4.37. The van der Waals surface area contributed by atoms with E-state index in [-0.39, 0.29) is 11.7 Å². The zero-order chi connectivity index (χ0) is 12.3. The van der Waals surface area contributed by atoms with Crippen molar-refractivity contribution in [1.29, 1.82) is 0 Å². The zero-order valence-electron chi connectivity index (χ0n) is 8.98. The first kappa shape index (κ1) is 13.0. The lowest BCUT2D eigenvalue weighted by molar-refractivity contribution is 0.0598. The zero-order valence-corrected chi connectivity index (χ0v) is 10.6. The molecule has 0 spiro atoms. The molecule has 5 heteroatoms. The molecule has 0 aliphatic carbocycles. The number of carboxylic acid groups (broad SMARTS) is 1. The number of halogens is 1. The molecule has 0 amide bonds. The highest BCUT2D eigenvalue weighted by atomic mass is 79.9. The Kier molecular flexibility index (Phi) is 4.32. The smallest absolute Gasteiger partial charge is 0.335 e. The summed E-state index contributed by atoms with van der Waals surface area (Å²) in [5.41, 5.74) is 0.184. The van der Waals surface area contributed by atoms with E-state index in [0.29, 0.717) is 10.2 Å². The van der Waals surface area contributed by atoms with Crippen molar-refractivity contribution in [2.24, 2.45) is 0 Å². The lowest BCUT2D eigenvalue weighted by Crippen LogP contribution is -2.25. The number of aliphatic hydroxyl groups is 1. The molecule has 1 rings (SSSR count). The molecule has 0 radical (unpaired) electrons. The number of aromatic carboxylic acids is 1. The second kappa shape index (κ2) is 5.32. The first-order valence-corrected chi connectivity index (χ1v) is 5.58. The molecule has 0 heterocycles. The summed E-state index contributed by atoms with van der Waals surface area (Å²) in [7, 11) is 0. The van der Waals surface area contributed by atoms with Crippen LogP contribution in [0, 0.1) is 0 Å². The highest BCUT2D eigenvalue weighted by Crippen LogP contribution is 2.27. The Morgan fingerprint density at radius 1 is 1.44 bits per heavy atom. The molecular formula is C11H13BrO4. The van der Waals surface area contributed by atoms with Crippen LogP contribution in [0.5, 0.6) is 5.75 Å². The van der Waals surface area contributed by atoms with E-state index in [9.17, 15) is 9.90 Å². The number of benzene rings is 1. The third-order valence-corrected chi connectivity index (χ3v) is 2.79. The van der Waals surface area contributed by atoms with Gasteiger partial charge < -0.3 is 14.9 Å². The van der Waals surface area contributed by atoms with Gasteiger partial charge in [0.05, 0.1) is 16.1 Å². The van der Waals surface area contributed by atoms with Crippen LogP contribution in [0.1, 0.15) is 24.2 Å². The number of rotatable bonds is 4. The molecule has 0 saturated heterocycles. The van der Waals surface area contributed by atoms with Crippen molar-refractivity contribution in [3.8, 4) is 5.75 Å². The van der Waals surface area contributed by atoms with E-state index in [1.54, 1.807) is 19.9 Å². The SMILES string of the molecule is CC(O)C(C)Oc1ccc(C(=O)O)cc1Br. The fraction of sp³-hybridized carbons (Fsp3) is 0.364. The van der Waals surface area contributed by atoms with Crippen molar-refractivity contribution in [2.75, 3.05) is 0 Å². The average molecular weight is 289 g/mol. The molecule has 16 heavy (non-hydrogen) atoms. The third-order valence-electron chi connectivity index (χ3n) is 2.17. The van der Waals surface area contributed by atoms with E-state index >= 15 is 0 Å². The molecule has 0 aliphatic rings. The van der Waals surface area contributed by atoms with Gasteiger partial charge in [-0.1, -0.05) is 0 Å². The number of hydrogen-bond acceptors (Lipinski definition) is 3. The van der Waals surface area contributed by atoms with Gasteiger partial charge in [-0.3, -0.25) is 0 Å². The van der Waals surface area contributed by atoms with Gasteiger partial charge in [-0.15, -0.1) is 0 Å². The van der Waals surface area contributed by atoms with E-state index in [0.717, 1.165) is 0 Å². The summed E-state index contributed by atoms with van der Waals surface area (Å²) in [6.45, 7) is 3.37. The number of ether oxygens (including phenoxy) is 1. The Labute approximate surface area is 102 Å². The minimum absolute atomic E-state index is 0.184. The fourth-order valence-corrected chi connectivity index (χ4v) is 1.50. The van der Waals surface area contributed by atoms with Crippen molar-refractivity contribution in [3.63, 3.8) is 0 Å². The Morgan fingerprint density at radius 2 is 2.06 bits per heavy atom. The van der Waals surface area contributed by atoms with Gasteiger partial charge in [0.25, 0.3) is 0 Å². The van der Waals surface area contributed by atoms with Gasteiger partial charge in [-0.2, -0.15) is 0 Å². The van der Waals surface area contributed by atoms with Crippen LogP contribution in [-0.4, -0.2) is 28.4 Å². The van der Waals surface area contributed by atoms with E-state index in [4.69, 9.17) is 9.84 Å². The normalized spacial score (nSPS) is 14.2. The molecule has 4 nitrogen and oxygen atoms in total. The van der Waals surface area contributed by atoms with E-state index in [1.807, 2.05) is 0 Å². The quantitative estimate of drug-likeness (QED) is 0.892. The first-order chi connectivity index (χ1) is 7.41. The number of carbonyl (C=O) groups is 1. The number of carboxylic acids is 1. The van der Waals surface area contributed by atoms with Gasteiger partial charge in [0, 0.05) is 0 Å². The third kappa shape index (κ3) is 3.21. The Morgan fingerprint density at radius 3 is 2.50 bits per heavy atom. The molecule has 2 unspecified atom stereocenters. The summed E-state index contributed by atoms with van der Waals surface area (Å²) in [6.07, 6.45) is -0.946. The van der Waals surface area contributed by atoms with Gasteiger partial charge in [0.15, 0.2) is 0 Å². The molecule has 0 saturated carbocycles. The summed E-state index contributed by atoms with van der Waals surface area (Å²) >= 11 is 3.22. The highest BCUT2D eigenvalue weighted by molar-refractivity contribution is 9.10.